The molecule has 1 N–H and O–H groups in total. The van der Waals surface area contributed by atoms with E-state index in [1.54, 1.807) is 0 Å². The number of benzene rings is 3. The second-order valence-corrected chi connectivity index (χ2v) is 9.61. The van der Waals surface area contributed by atoms with Crippen LogP contribution in [0.2, 0.25) is 0 Å². The van der Waals surface area contributed by atoms with Crippen LogP contribution in [0.4, 0.5) is 4.39 Å². The molecule has 1 aliphatic heterocycles. The van der Waals surface area contributed by atoms with Crippen LogP contribution in [-0.4, -0.2) is 29.5 Å². The van der Waals surface area contributed by atoms with Crippen LogP contribution in [0.15, 0.2) is 72.9 Å². The van der Waals surface area contributed by atoms with Gasteiger partial charge in [-0.15, -0.1) is 0 Å². The van der Waals surface area contributed by atoms with Gasteiger partial charge < -0.3 is 14.6 Å². The second-order valence-electron chi connectivity index (χ2n) is 9.61. The van der Waals surface area contributed by atoms with Crippen molar-refractivity contribution in [1.82, 2.24) is 9.88 Å². The zero-order chi connectivity index (χ0) is 25.0. The molecule has 0 radical (unpaired) electrons. The average molecular weight is 482 g/mol. The summed E-state index contributed by atoms with van der Waals surface area (Å²) in [4.78, 5) is 5.88. The summed E-state index contributed by atoms with van der Waals surface area (Å²) in [6.45, 7) is 5.70. The van der Waals surface area contributed by atoms with Gasteiger partial charge in [-0.05, 0) is 97.9 Å². The lowest BCUT2D eigenvalue weighted by molar-refractivity contribution is -0.0145. The van der Waals surface area contributed by atoms with E-state index in [4.69, 9.17) is 4.74 Å². The predicted molar refractivity (Wildman–Crippen MR) is 141 cm³/mol. The quantitative estimate of drug-likeness (QED) is 0.275. The maximum absolute atomic E-state index is 13.7. The Bertz CT molecular complexity index is 1370. The number of H-pyrrole nitrogens is 1. The molecule has 5 heteroatoms. The van der Waals surface area contributed by atoms with Crippen LogP contribution in [0, 0.1) is 17.1 Å². The number of nitrogens with one attached hydrogen (secondary N) is 1. The van der Waals surface area contributed by atoms with Gasteiger partial charge in [-0.25, -0.2) is 4.39 Å². The average Bonchev–Trinajstić information content (AvgIpc) is 3.50. The highest BCUT2D eigenvalue weighted by Crippen LogP contribution is 2.45. The SMILES string of the molecule is CCN(CCCc1c[nH]c2ccccc12)CCCC1(c2ccc(F)cc2)OCc2cc(C#N)ccc21. The van der Waals surface area contributed by atoms with Crippen molar-refractivity contribution < 1.29 is 9.13 Å². The minimum Gasteiger partial charge on any atom is -0.361 e. The number of nitrogens with zero attached hydrogens (tertiary/aromatic N) is 2. The van der Waals surface area contributed by atoms with Crippen molar-refractivity contribution in [1.29, 1.82) is 5.26 Å². The Hall–Kier alpha value is -3.46. The largest absolute Gasteiger partial charge is 0.361 e. The highest BCUT2D eigenvalue weighted by Gasteiger charge is 2.41. The summed E-state index contributed by atoms with van der Waals surface area (Å²) < 4.78 is 20.2. The zero-order valence-electron chi connectivity index (χ0n) is 20.8. The maximum Gasteiger partial charge on any atom is 0.123 e. The molecule has 1 atom stereocenters. The lowest BCUT2D eigenvalue weighted by Crippen LogP contribution is -2.31. The Morgan fingerprint density at radius 1 is 1.06 bits per heavy atom. The van der Waals surface area contributed by atoms with Crippen LogP contribution in [0.1, 0.15) is 54.0 Å². The maximum atomic E-state index is 13.7. The normalized spacial score (nSPS) is 16.9. The number of halogens is 1. The van der Waals surface area contributed by atoms with E-state index < -0.39 is 5.60 Å². The first-order valence-corrected chi connectivity index (χ1v) is 12.8. The third kappa shape index (κ3) is 4.80. The number of nitriles is 1. The second kappa shape index (κ2) is 10.7. The van der Waals surface area contributed by atoms with Crippen LogP contribution >= 0.6 is 0 Å². The molecule has 1 unspecified atom stereocenters. The number of para-hydroxylation sites is 1. The topological polar surface area (TPSA) is 52.0 Å². The number of rotatable bonds is 10. The Labute approximate surface area is 212 Å². The number of fused-ring (bicyclic) bond motifs is 2. The number of hydrogen-bond acceptors (Lipinski definition) is 3. The van der Waals surface area contributed by atoms with Crippen LogP contribution in [0.25, 0.3) is 10.9 Å². The number of hydrogen-bond donors (Lipinski definition) is 1. The molecular weight excluding hydrogens is 449 g/mol. The number of ether oxygens (including phenoxy) is 1. The summed E-state index contributed by atoms with van der Waals surface area (Å²) in [7, 11) is 0. The van der Waals surface area contributed by atoms with E-state index in [1.165, 1.54) is 28.6 Å². The Morgan fingerprint density at radius 2 is 1.86 bits per heavy atom. The minimum atomic E-state index is -0.611. The first kappa shape index (κ1) is 24.2. The molecule has 4 nitrogen and oxygen atoms in total. The van der Waals surface area contributed by atoms with Crippen molar-refractivity contribution in [2.45, 2.75) is 44.8 Å². The number of aromatic nitrogens is 1. The minimum absolute atomic E-state index is 0.251. The molecule has 3 aromatic carbocycles. The monoisotopic (exact) mass is 481 g/mol. The van der Waals surface area contributed by atoms with E-state index in [9.17, 15) is 9.65 Å². The Balaban J connectivity index is 1.25. The highest BCUT2D eigenvalue weighted by atomic mass is 19.1. The van der Waals surface area contributed by atoms with Crippen molar-refractivity contribution in [3.8, 4) is 6.07 Å². The molecule has 184 valence electrons. The summed E-state index contributed by atoms with van der Waals surface area (Å²) in [6.07, 6.45) is 6.06. The van der Waals surface area contributed by atoms with Gasteiger partial charge in [0.2, 0.25) is 0 Å². The van der Waals surface area contributed by atoms with Gasteiger partial charge in [0, 0.05) is 17.1 Å². The molecule has 0 spiro atoms. The molecule has 0 aliphatic carbocycles. The molecule has 4 aromatic rings. The van der Waals surface area contributed by atoms with Crippen LogP contribution in [0.5, 0.6) is 0 Å². The summed E-state index contributed by atoms with van der Waals surface area (Å²) in [5.74, 6) is -0.251. The van der Waals surface area contributed by atoms with Crippen molar-refractivity contribution >= 4 is 10.9 Å². The predicted octanol–water partition coefficient (Wildman–Crippen LogP) is 6.69. The molecule has 0 saturated carbocycles. The van der Waals surface area contributed by atoms with E-state index in [1.807, 2.05) is 30.3 Å². The fourth-order valence-electron chi connectivity index (χ4n) is 5.58. The number of aromatic amines is 1. The lowest BCUT2D eigenvalue weighted by atomic mass is 9.81. The van der Waals surface area contributed by atoms with Gasteiger partial charge in [-0.1, -0.05) is 43.3 Å². The first-order valence-electron chi connectivity index (χ1n) is 12.8. The fraction of sp³-hybridized carbons (Fsp3) is 0.323. The molecule has 2 heterocycles. The zero-order valence-corrected chi connectivity index (χ0v) is 20.8. The molecule has 0 bridgehead atoms. The summed E-state index contributed by atoms with van der Waals surface area (Å²) >= 11 is 0. The summed E-state index contributed by atoms with van der Waals surface area (Å²) in [6, 6.07) is 23.2. The third-order valence-electron chi connectivity index (χ3n) is 7.50. The van der Waals surface area contributed by atoms with Gasteiger partial charge >= 0.3 is 0 Å². The van der Waals surface area contributed by atoms with Crippen molar-refractivity contribution in [2.24, 2.45) is 0 Å². The molecule has 5 rings (SSSR count). The van der Waals surface area contributed by atoms with Gasteiger partial charge in [-0.2, -0.15) is 5.26 Å². The van der Waals surface area contributed by atoms with Gasteiger partial charge in [0.15, 0.2) is 0 Å². The Morgan fingerprint density at radius 3 is 2.67 bits per heavy atom. The van der Waals surface area contributed by atoms with Crippen molar-refractivity contribution in [3.05, 3.63) is 107 Å². The number of aryl methyl sites for hydroxylation is 1. The smallest absolute Gasteiger partial charge is 0.123 e. The summed E-state index contributed by atoms with van der Waals surface area (Å²) in [5, 5.41) is 10.6. The highest BCUT2D eigenvalue weighted by molar-refractivity contribution is 5.83. The van der Waals surface area contributed by atoms with E-state index in [-0.39, 0.29) is 5.82 Å². The first-order chi connectivity index (χ1) is 17.6. The van der Waals surface area contributed by atoms with Crippen molar-refractivity contribution in [2.75, 3.05) is 19.6 Å². The van der Waals surface area contributed by atoms with E-state index >= 15 is 0 Å². The Kier molecular flexibility index (Phi) is 7.18. The fourth-order valence-corrected chi connectivity index (χ4v) is 5.58. The van der Waals surface area contributed by atoms with E-state index in [0.717, 1.165) is 62.0 Å². The molecule has 0 saturated heterocycles. The third-order valence-corrected chi connectivity index (χ3v) is 7.50. The van der Waals surface area contributed by atoms with Gasteiger partial charge in [0.25, 0.3) is 0 Å². The van der Waals surface area contributed by atoms with Gasteiger partial charge in [0.05, 0.1) is 18.2 Å². The standard InChI is InChI=1S/C31H32FN3O/c1-2-35(17-5-7-24-21-34-30-9-4-3-8-28(24)30)18-6-16-31(26-11-13-27(32)14-12-26)29-15-10-23(20-33)19-25(29)22-36-31/h3-4,8-15,19,21,34H,2,5-7,16-18,22H2,1H3. The van der Waals surface area contributed by atoms with Crippen LogP contribution < -0.4 is 0 Å². The molecule has 0 fully saturated rings. The van der Waals surface area contributed by atoms with Gasteiger partial charge in [-0.3, -0.25) is 0 Å². The summed E-state index contributed by atoms with van der Waals surface area (Å²) in [5.41, 5.74) is 5.71. The lowest BCUT2D eigenvalue weighted by Gasteiger charge is -2.32. The van der Waals surface area contributed by atoms with E-state index in [0.29, 0.717) is 12.2 Å². The van der Waals surface area contributed by atoms with E-state index in [2.05, 4.69) is 53.3 Å². The molecular formula is C31H32FN3O. The van der Waals surface area contributed by atoms with Gasteiger partial charge in [0.1, 0.15) is 11.4 Å². The molecule has 36 heavy (non-hydrogen) atoms. The van der Waals surface area contributed by atoms with Crippen molar-refractivity contribution in [3.63, 3.8) is 0 Å². The van der Waals surface area contributed by atoms with Crippen LogP contribution in [0.3, 0.4) is 0 Å². The molecule has 1 aromatic heterocycles. The molecule has 1 aliphatic rings. The van der Waals surface area contributed by atoms with Crippen LogP contribution in [-0.2, 0) is 23.4 Å². The molecule has 0 amide bonds.